The molecule has 1 saturated carbocycles. The average Bonchev–Trinajstić information content (AvgIpc) is 2.83. The highest BCUT2D eigenvalue weighted by atomic mass is 16.5. The maximum Gasteiger partial charge on any atom is 0.339 e. The van der Waals surface area contributed by atoms with Gasteiger partial charge in [0.15, 0.2) is 11.9 Å². The Balaban J connectivity index is 1.71. The fourth-order valence-corrected chi connectivity index (χ4v) is 4.08. The van der Waals surface area contributed by atoms with Crippen molar-refractivity contribution in [1.29, 1.82) is 0 Å². The molecule has 2 aromatic rings. The molecular formula is C26H30N2O5. The number of Topliss-reactive ketones (excluding diaryl/α,β-unsaturated/α-hetero) is 1. The van der Waals surface area contributed by atoms with Crippen LogP contribution in [0.25, 0.3) is 0 Å². The minimum atomic E-state index is -1.13. The number of anilines is 1. The van der Waals surface area contributed by atoms with Crippen LogP contribution in [0, 0.1) is 0 Å². The van der Waals surface area contributed by atoms with Gasteiger partial charge in [-0.25, -0.2) is 4.79 Å². The van der Waals surface area contributed by atoms with E-state index < -0.39 is 18.0 Å². The number of para-hydroxylation sites is 1. The van der Waals surface area contributed by atoms with Crippen LogP contribution in [0.5, 0.6) is 0 Å². The van der Waals surface area contributed by atoms with Gasteiger partial charge < -0.3 is 15.0 Å². The summed E-state index contributed by atoms with van der Waals surface area (Å²) in [6, 6.07) is 13.3. The summed E-state index contributed by atoms with van der Waals surface area (Å²) in [5.41, 5.74) is 1.09. The van der Waals surface area contributed by atoms with Crippen LogP contribution in [0.3, 0.4) is 0 Å². The smallest absolute Gasteiger partial charge is 0.339 e. The van der Waals surface area contributed by atoms with Crippen molar-refractivity contribution in [3.05, 3.63) is 65.2 Å². The second-order valence-corrected chi connectivity index (χ2v) is 8.39. The van der Waals surface area contributed by atoms with E-state index in [1.54, 1.807) is 54.4 Å². The predicted octanol–water partition coefficient (Wildman–Crippen LogP) is 4.48. The lowest BCUT2D eigenvalue weighted by atomic mass is 9.94. The van der Waals surface area contributed by atoms with E-state index in [2.05, 4.69) is 5.32 Å². The Labute approximate surface area is 194 Å². The number of ether oxygens (including phenoxy) is 1. The Morgan fingerprint density at radius 2 is 1.48 bits per heavy atom. The Bertz CT molecular complexity index is 1040. The first-order chi connectivity index (χ1) is 15.8. The van der Waals surface area contributed by atoms with Crippen molar-refractivity contribution in [2.75, 3.05) is 12.4 Å². The maximum absolute atomic E-state index is 13.1. The number of carbonyl (C=O) groups excluding carboxylic acids is 4. The van der Waals surface area contributed by atoms with Crippen LogP contribution in [0.1, 0.15) is 77.0 Å². The van der Waals surface area contributed by atoms with Crippen LogP contribution < -0.4 is 5.32 Å². The van der Waals surface area contributed by atoms with Crippen molar-refractivity contribution in [1.82, 2.24) is 4.90 Å². The lowest BCUT2D eigenvalue weighted by Gasteiger charge is -2.31. The number of benzene rings is 2. The van der Waals surface area contributed by atoms with E-state index in [0.29, 0.717) is 11.3 Å². The van der Waals surface area contributed by atoms with Gasteiger partial charge in [0.1, 0.15) is 0 Å². The van der Waals surface area contributed by atoms with Gasteiger partial charge >= 0.3 is 5.97 Å². The van der Waals surface area contributed by atoms with Gasteiger partial charge in [0.2, 0.25) is 0 Å². The molecule has 1 unspecified atom stereocenters. The van der Waals surface area contributed by atoms with Crippen molar-refractivity contribution in [2.24, 2.45) is 0 Å². The monoisotopic (exact) mass is 450 g/mol. The van der Waals surface area contributed by atoms with Gasteiger partial charge in [0.05, 0.1) is 16.8 Å². The Kier molecular flexibility index (Phi) is 7.98. The number of esters is 1. The third-order valence-electron chi connectivity index (χ3n) is 6.04. The summed E-state index contributed by atoms with van der Waals surface area (Å²) in [5, 5.41) is 2.63. The molecule has 0 radical (unpaired) electrons. The zero-order valence-corrected chi connectivity index (χ0v) is 19.3. The van der Waals surface area contributed by atoms with Gasteiger partial charge in [-0.1, -0.05) is 43.5 Å². The van der Waals surface area contributed by atoms with Gasteiger partial charge in [-0.15, -0.1) is 0 Å². The quantitative estimate of drug-likeness (QED) is 0.496. The summed E-state index contributed by atoms with van der Waals surface area (Å²) in [6.07, 6.45) is 4.13. The van der Waals surface area contributed by atoms with E-state index in [-0.39, 0.29) is 28.9 Å². The molecule has 2 amide bonds. The minimum Gasteiger partial charge on any atom is -0.449 e. The molecule has 2 aromatic carbocycles. The molecule has 0 aliphatic heterocycles. The van der Waals surface area contributed by atoms with Crippen LogP contribution in [0.2, 0.25) is 0 Å². The van der Waals surface area contributed by atoms with E-state index in [0.717, 1.165) is 25.7 Å². The van der Waals surface area contributed by atoms with Crippen LogP contribution in [0.15, 0.2) is 48.5 Å². The minimum absolute atomic E-state index is 0.119. The lowest BCUT2D eigenvalue weighted by molar-refractivity contribution is -0.123. The van der Waals surface area contributed by atoms with Gasteiger partial charge in [0, 0.05) is 18.7 Å². The molecule has 174 valence electrons. The first-order valence-corrected chi connectivity index (χ1v) is 11.3. The number of hydrogen-bond donors (Lipinski definition) is 1. The summed E-state index contributed by atoms with van der Waals surface area (Å²) < 4.78 is 5.38. The molecule has 1 atom stereocenters. The van der Waals surface area contributed by atoms with Crippen molar-refractivity contribution in [3.63, 3.8) is 0 Å². The molecule has 1 N–H and O–H groups in total. The third-order valence-corrected chi connectivity index (χ3v) is 6.04. The van der Waals surface area contributed by atoms with E-state index in [9.17, 15) is 19.2 Å². The zero-order chi connectivity index (χ0) is 24.0. The normalized spacial score (nSPS) is 14.8. The van der Waals surface area contributed by atoms with Gasteiger partial charge in [-0.3, -0.25) is 14.4 Å². The molecule has 33 heavy (non-hydrogen) atoms. The summed E-state index contributed by atoms with van der Waals surface area (Å²) >= 11 is 0. The van der Waals surface area contributed by atoms with Crippen LogP contribution >= 0.6 is 0 Å². The number of amides is 2. The second kappa shape index (κ2) is 10.9. The zero-order valence-electron chi connectivity index (χ0n) is 19.3. The lowest BCUT2D eigenvalue weighted by Crippen LogP contribution is -2.39. The number of nitrogens with zero attached hydrogens (tertiary/aromatic N) is 1. The van der Waals surface area contributed by atoms with E-state index in [1.807, 2.05) is 0 Å². The van der Waals surface area contributed by atoms with Gasteiger partial charge in [0.25, 0.3) is 11.8 Å². The van der Waals surface area contributed by atoms with Crippen LogP contribution in [-0.4, -0.2) is 47.7 Å². The highest BCUT2D eigenvalue weighted by molar-refractivity contribution is 6.07. The van der Waals surface area contributed by atoms with E-state index in [4.69, 9.17) is 4.74 Å². The number of rotatable bonds is 7. The summed E-state index contributed by atoms with van der Waals surface area (Å²) in [4.78, 5) is 52.1. The highest BCUT2D eigenvalue weighted by Gasteiger charge is 2.28. The summed E-state index contributed by atoms with van der Waals surface area (Å²) in [6.45, 7) is 2.86. The number of ketones is 1. The Hall–Kier alpha value is -3.48. The SMILES string of the molecule is CC(=O)c1ccccc1NC(=O)C(C)OC(=O)c1ccccc1C(=O)N(C)C1CCCCC1. The summed E-state index contributed by atoms with van der Waals surface area (Å²) in [7, 11) is 1.77. The van der Waals surface area contributed by atoms with E-state index in [1.165, 1.54) is 26.3 Å². The standard InChI is InChI=1S/C26H30N2O5/c1-17(29)20-13-9-10-16-23(20)27-24(30)18(2)33-26(32)22-15-8-7-14-21(22)25(31)28(3)19-11-5-4-6-12-19/h7-10,13-16,18-19H,4-6,11-12H2,1-3H3,(H,27,30). The molecule has 0 aromatic heterocycles. The van der Waals surface area contributed by atoms with Crippen LogP contribution in [0.4, 0.5) is 5.69 Å². The van der Waals surface area contributed by atoms with Crippen molar-refractivity contribution >= 4 is 29.3 Å². The number of nitrogens with one attached hydrogen (secondary N) is 1. The van der Waals surface area contributed by atoms with Crippen molar-refractivity contribution in [2.45, 2.75) is 58.1 Å². The van der Waals surface area contributed by atoms with Crippen molar-refractivity contribution in [3.8, 4) is 0 Å². The average molecular weight is 451 g/mol. The summed E-state index contributed by atoms with van der Waals surface area (Å²) in [5.74, 6) is -1.74. The largest absolute Gasteiger partial charge is 0.449 e. The molecule has 0 spiro atoms. The molecule has 1 fully saturated rings. The predicted molar refractivity (Wildman–Crippen MR) is 125 cm³/mol. The topological polar surface area (TPSA) is 92.8 Å². The molecule has 7 nitrogen and oxygen atoms in total. The highest BCUT2D eigenvalue weighted by Crippen LogP contribution is 2.24. The Morgan fingerprint density at radius 1 is 0.909 bits per heavy atom. The molecule has 1 aliphatic carbocycles. The van der Waals surface area contributed by atoms with Gasteiger partial charge in [-0.05, 0) is 51.0 Å². The molecule has 3 rings (SSSR count). The fourth-order valence-electron chi connectivity index (χ4n) is 4.08. The molecular weight excluding hydrogens is 420 g/mol. The first-order valence-electron chi connectivity index (χ1n) is 11.3. The van der Waals surface area contributed by atoms with E-state index >= 15 is 0 Å². The van der Waals surface area contributed by atoms with Crippen LogP contribution in [-0.2, 0) is 9.53 Å². The third kappa shape index (κ3) is 5.86. The second-order valence-electron chi connectivity index (χ2n) is 8.39. The molecule has 7 heteroatoms. The van der Waals surface area contributed by atoms with Gasteiger partial charge in [-0.2, -0.15) is 0 Å². The molecule has 0 saturated heterocycles. The maximum atomic E-state index is 13.1. The number of carbonyl (C=O) groups is 4. The van der Waals surface area contributed by atoms with Crippen molar-refractivity contribution < 1.29 is 23.9 Å². The fraction of sp³-hybridized carbons (Fsp3) is 0.385. The molecule has 1 aliphatic rings. The molecule has 0 heterocycles. The Morgan fingerprint density at radius 3 is 2.12 bits per heavy atom. The number of hydrogen-bond acceptors (Lipinski definition) is 5. The first kappa shape index (κ1) is 24.2. The molecule has 0 bridgehead atoms.